The molecule has 2 aliphatic rings. The molecule has 0 saturated carbocycles. The summed E-state index contributed by atoms with van der Waals surface area (Å²) in [6.07, 6.45) is 3.23. The lowest BCUT2D eigenvalue weighted by molar-refractivity contribution is -0.115. The van der Waals surface area contributed by atoms with Crippen LogP contribution in [-0.4, -0.2) is 50.1 Å². The van der Waals surface area contributed by atoms with Crippen molar-refractivity contribution in [2.75, 3.05) is 39.4 Å². The second-order valence-electron chi connectivity index (χ2n) is 6.17. The van der Waals surface area contributed by atoms with Crippen molar-refractivity contribution in [2.24, 2.45) is 0 Å². The van der Waals surface area contributed by atoms with Crippen LogP contribution in [0, 0.1) is 0 Å². The topological polar surface area (TPSA) is 41.6 Å². The number of halogens is 1. The second-order valence-corrected chi connectivity index (χ2v) is 6.61. The Labute approximate surface area is 142 Å². The lowest BCUT2D eigenvalue weighted by Gasteiger charge is -2.28. The number of rotatable bonds is 5. The van der Waals surface area contributed by atoms with Gasteiger partial charge < -0.3 is 10.1 Å². The Kier molecular flexibility index (Phi) is 5.70. The van der Waals surface area contributed by atoms with E-state index < -0.39 is 0 Å². The maximum atomic E-state index is 12.0. The maximum Gasteiger partial charge on any atom is 0.158 e. The van der Waals surface area contributed by atoms with Crippen molar-refractivity contribution in [3.05, 3.63) is 46.6 Å². The minimum absolute atomic E-state index is 0.199. The van der Waals surface area contributed by atoms with Crippen LogP contribution in [0.1, 0.15) is 24.3 Å². The Morgan fingerprint density at radius 3 is 2.65 bits per heavy atom. The number of nitrogens with zero attached hydrogens (tertiary/aromatic N) is 1. The summed E-state index contributed by atoms with van der Waals surface area (Å²) in [4.78, 5) is 14.4. The van der Waals surface area contributed by atoms with Gasteiger partial charge in [0.2, 0.25) is 0 Å². The monoisotopic (exact) mass is 334 g/mol. The lowest BCUT2D eigenvalue weighted by Crippen LogP contribution is -2.40. The molecule has 1 fully saturated rings. The van der Waals surface area contributed by atoms with Gasteiger partial charge in [-0.2, -0.15) is 0 Å². The van der Waals surface area contributed by atoms with E-state index in [1.807, 2.05) is 24.3 Å². The van der Waals surface area contributed by atoms with Crippen LogP contribution >= 0.6 is 11.6 Å². The van der Waals surface area contributed by atoms with Gasteiger partial charge in [-0.25, -0.2) is 0 Å². The Hall–Kier alpha value is -1.36. The van der Waals surface area contributed by atoms with Crippen LogP contribution in [-0.2, 0) is 9.53 Å². The standard InChI is InChI=1S/C18H23ClN2O2/c19-16-3-1-14(2-4-16)15-11-17(13-18(22)12-15)20-5-6-21-7-9-23-10-8-21/h1-4,13,15,20H,5-12H2. The third-order valence-electron chi connectivity index (χ3n) is 4.47. The zero-order chi connectivity index (χ0) is 16.1. The average molecular weight is 335 g/mol. The van der Waals surface area contributed by atoms with E-state index in [1.165, 1.54) is 5.56 Å². The van der Waals surface area contributed by atoms with Gasteiger partial charge >= 0.3 is 0 Å². The quantitative estimate of drug-likeness (QED) is 0.898. The predicted molar refractivity (Wildman–Crippen MR) is 91.8 cm³/mol. The number of nitrogens with one attached hydrogen (secondary N) is 1. The summed E-state index contributed by atoms with van der Waals surface area (Å²) in [6.45, 7) is 5.48. The number of carbonyl (C=O) groups excluding carboxylic acids is 1. The van der Waals surface area contributed by atoms with Crippen LogP contribution in [0.3, 0.4) is 0 Å². The first-order valence-corrected chi connectivity index (χ1v) is 8.61. The fourth-order valence-corrected chi connectivity index (χ4v) is 3.31. The lowest BCUT2D eigenvalue weighted by atomic mass is 9.85. The van der Waals surface area contributed by atoms with Crippen molar-refractivity contribution >= 4 is 17.4 Å². The number of allylic oxidation sites excluding steroid dienone is 2. The largest absolute Gasteiger partial charge is 0.387 e. The van der Waals surface area contributed by atoms with Gasteiger partial charge in [0.1, 0.15) is 0 Å². The maximum absolute atomic E-state index is 12.0. The first kappa shape index (κ1) is 16.5. The van der Waals surface area contributed by atoms with Gasteiger partial charge in [-0.1, -0.05) is 23.7 Å². The first-order chi connectivity index (χ1) is 11.2. The van der Waals surface area contributed by atoms with Crippen molar-refractivity contribution in [2.45, 2.75) is 18.8 Å². The van der Waals surface area contributed by atoms with E-state index in [0.29, 0.717) is 6.42 Å². The van der Waals surface area contributed by atoms with Crippen LogP contribution in [0.2, 0.25) is 5.02 Å². The summed E-state index contributed by atoms with van der Waals surface area (Å²) in [7, 11) is 0. The molecule has 0 radical (unpaired) electrons. The van der Waals surface area contributed by atoms with Crippen LogP contribution in [0.5, 0.6) is 0 Å². The van der Waals surface area contributed by atoms with Gasteiger partial charge in [0.05, 0.1) is 13.2 Å². The minimum Gasteiger partial charge on any atom is -0.387 e. The highest BCUT2D eigenvalue weighted by molar-refractivity contribution is 6.30. The molecule has 1 aliphatic carbocycles. The van der Waals surface area contributed by atoms with Crippen molar-refractivity contribution in [3.63, 3.8) is 0 Å². The van der Waals surface area contributed by atoms with Crippen molar-refractivity contribution in [1.29, 1.82) is 0 Å². The molecule has 1 aromatic carbocycles. The number of ketones is 1. The third kappa shape index (κ3) is 4.80. The molecule has 124 valence electrons. The Morgan fingerprint density at radius 2 is 1.91 bits per heavy atom. The molecule has 1 saturated heterocycles. The highest BCUT2D eigenvalue weighted by atomic mass is 35.5. The van der Waals surface area contributed by atoms with Crippen molar-refractivity contribution in [1.82, 2.24) is 10.2 Å². The molecule has 0 aromatic heterocycles. The summed E-state index contributed by atoms with van der Waals surface area (Å²) in [5.41, 5.74) is 2.23. The molecule has 1 aromatic rings. The van der Waals surface area contributed by atoms with Gasteiger partial charge in [-0.15, -0.1) is 0 Å². The fraction of sp³-hybridized carbons (Fsp3) is 0.500. The van der Waals surface area contributed by atoms with Gasteiger partial charge in [-0.05, 0) is 30.0 Å². The molecular formula is C18H23ClN2O2. The van der Waals surface area contributed by atoms with Crippen LogP contribution < -0.4 is 5.32 Å². The molecule has 0 bridgehead atoms. The molecule has 1 aliphatic heterocycles. The molecule has 1 unspecified atom stereocenters. The molecule has 1 heterocycles. The first-order valence-electron chi connectivity index (χ1n) is 8.23. The molecule has 4 nitrogen and oxygen atoms in total. The molecule has 3 rings (SSSR count). The minimum atomic E-state index is 0.199. The number of carbonyl (C=O) groups is 1. The van der Waals surface area contributed by atoms with Crippen LogP contribution in [0.4, 0.5) is 0 Å². The molecule has 1 atom stereocenters. The molecule has 5 heteroatoms. The summed E-state index contributed by atoms with van der Waals surface area (Å²) in [6, 6.07) is 7.84. The molecule has 0 spiro atoms. The third-order valence-corrected chi connectivity index (χ3v) is 4.73. The zero-order valence-corrected chi connectivity index (χ0v) is 14.0. The summed E-state index contributed by atoms with van der Waals surface area (Å²) in [5.74, 6) is 0.445. The van der Waals surface area contributed by atoms with Gasteiger partial charge in [0.25, 0.3) is 0 Å². The predicted octanol–water partition coefficient (Wildman–Crippen LogP) is 2.59. The van der Waals surface area contributed by atoms with E-state index >= 15 is 0 Å². The number of benzene rings is 1. The van der Waals surface area contributed by atoms with Crippen LogP contribution in [0.15, 0.2) is 36.0 Å². The SMILES string of the molecule is O=C1C=C(NCCN2CCOCC2)CC(c2ccc(Cl)cc2)C1. The highest BCUT2D eigenvalue weighted by Crippen LogP contribution is 2.31. The van der Waals surface area contributed by atoms with Gasteiger partial charge in [-0.3, -0.25) is 9.69 Å². The number of hydrogen-bond acceptors (Lipinski definition) is 4. The van der Waals surface area contributed by atoms with Crippen molar-refractivity contribution in [3.8, 4) is 0 Å². The van der Waals surface area contributed by atoms with Crippen LogP contribution in [0.25, 0.3) is 0 Å². The van der Waals surface area contributed by atoms with E-state index in [-0.39, 0.29) is 11.7 Å². The summed E-state index contributed by atoms with van der Waals surface area (Å²) < 4.78 is 5.35. The Balaban J connectivity index is 1.52. The average Bonchev–Trinajstić information content (AvgIpc) is 2.56. The summed E-state index contributed by atoms with van der Waals surface area (Å²) in [5, 5.41) is 4.17. The fourth-order valence-electron chi connectivity index (χ4n) is 3.19. The zero-order valence-electron chi connectivity index (χ0n) is 13.3. The van der Waals surface area contributed by atoms with E-state index in [1.54, 1.807) is 6.08 Å². The highest BCUT2D eigenvalue weighted by Gasteiger charge is 2.22. The van der Waals surface area contributed by atoms with E-state index in [2.05, 4.69) is 10.2 Å². The van der Waals surface area contributed by atoms with Crippen molar-refractivity contribution < 1.29 is 9.53 Å². The second kappa shape index (κ2) is 7.95. The smallest absolute Gasteiger partial charge is 0.158 e. The Morgan fingerprint density at radius 1 is 1.17 bits per heavy atom. The number of morpholine rings is 1. The van der Waals surface area contributed by atoms with E-state index in [0.717, 1.165) is 56.5 Å². The Bertz CT molecular complexity index is 565. The molecule has 0 amide bonds. The molecule has 23 heavy (non-hydrogen) atoms. The van der Waals surface area contributed by atoms with Gasteiger partial charge in [0.15, 0.2) is 5.78 Å². The van der Waals surface area contributed by atoms with E-state index in [4.69, 9.17) is 16.3 Å². The molecule has 1 N–H and O–H groups in total. The number of hydrogen-bond donors (Lipinski definition) is 1. The molecular weight excluding hydrogens is 312 g/mol. The van der Waals surface area contributed by atoms with Gasteiger partial charge in [0, 0.05) is 49.4 Å². The number of ether oxygens (including phenoxy) is 1. The normalized spacial score (nSPS) is 22.7. The summed E-state index contributed by atoms with van der Waals surface area (Å²) >= 11 is 5.95. The van der Waals surface area contributed by atoms with E-state index in [9.17, 15) is 4.79 Å².